The predicted molar refractivity (Wildman–Crippen MR) is 82.4 cm³/mol. The molecule has 3 N–H and O–H groups in total. The number of benzene rings is 1. The zero-order valence-electron chi connectivity index (χ0n) is 11.6. The van der Waals surface area contributed by atoms with Crippen molar-refractivity contribution < 1.29 is 4.74 Å². The van der Waals surface area contributed by atoms with E-state index in [-0.39, 0.29) is 6.04 Å². The molecule has 1 aromatic carbocycles. The molecule has 1 aromatic rings. The Hall–Kier alpha value is -0.710. The van der Waals surface area contributed by atoms with Crippen LogP contribution in [-0.4, -0.2) is 18.1 Å². The molecule has 0 aliphatic heterocycles. The first kappa shape index (κ1) is 14.7. The number of thioether (sulfide) groups is 1. The average Bonchev–Trinajstić information content (AvgIpc) is 2.49. The normalized spacial score (nSPS) is 18.2. The largest absolute Gasteiger partial charge is 0.497 e. The second-order valence-corrected chi connectivity index (χ2v) is 6.42. The molecule has 0 radical (unpaired) electrons. The third kappa shape index (κ3) is 4.41. The highest BCUT2D eigenvalue weighted by atomic mass is 32.2. The highest BCUT2D eigenvalue weighted by molar-refractivity contribution is 7.99. The molecule has 0 heterocycles. The molecule has 0 saturated heterocycles. The minimum atomic E-state index is 0.196. The minimum absolute atomic E-state index is 0.196. The van der Waals surface area contributed by atoms with E-state index in [1.165, 1.54) is 37.7 Å². The van der Waals surface area contributed by atoms with Gasteiger partial charge < -0.3 is 4.74 Å². The quantitative estimate of drug-likeness (QED) is 0.620. The van der Waals surface area contributed by atoms with Gasteiger partial charge in [0.15, 0.2) is 0 Å². The van der Waals surface area contributed by atoms with Crippen molar-refractivity contribution in [1.82, 2.24) is 5.43 Å². The lowest BCUT2D eigenvalue weighted by atomic mass is 10.0. The third-order valence-electron chi connectivity index (χ3n) is 3.75. The number of hydrogen-bond acceptors (Lipinski definition) is 4. The van der Waals surface area contributed by atoms with Crippen LogP contribution in [0.4, 0.5) is 0 Å². The van der Waals surface area contributed by atoms with Crippen molar-refractivity contribution >= 4 is 11.8 Å². The van der Waals surface area contributed by atoms with Crippen LogP contribution in [0.25, 0.3) is 0 Å². The molecule has 3 nitrogen and oxygen atoms in total. The maximum Gasteiger partial charge on any atom is 0.119 e. The monoisotopic (exact) mass is 280 g/mol. The van der Waals surface area contributed by atoms with E-state index in [2.05, 4.69) is 29.3 Å². The Bertz CT molecular complexity index is 380. The number of methoxy groups -OCH3 is 1. The van der Waals surface area contributed by atoms with Crippen molar-refractivity contribution in [2.45, 2.75) is 43.4 Å². The van der Waals surface area contributed by atoms with Crippen LogP contribution in [0, 0.1) is 0 Å². The summed E-state index contributed by atoms with van der Waals surface area (Å²) in [5.74, 6) is 7.62. The van der Waals surface area contributed by atoms with Gasteiger partial charge in [0.05, 0.1) is 13.2 Å². The summed E-state index contributed by atoms with van der Waals surface area (Å²) in [6.45, 7) is 0. The third-order valence-corrected chi connectivity index (χ3v) is 5.22. The van der Waals surface area contributed by atoms with Gasteiger partial charge in [0.1, 0.15) is 5.75 Å². The highest BCUT2D eigenvalue weighted by Gasteiger charge is 2.17. The first-order valence-electron chi connectivity index (χ1n) is 7.05. The zero-order chi connectivity index (χ0) is 13.5. The molecule has 0 bridgehead atoms. The summed E-state index contributed by atoms with van der Waals surface area (Å²) in [5, 5.41) is 0.815. The zero-order valence-corrected chi connectivity index (χ0v) is 12.4. The van der Waals surface area contributed by atoms with E-state index in [0.717, 1.165) is 16.8 Å². The number of nitrogens with two attached hydrogens (primary N) is 1. The van der Waals surface area contributed by atoms with Crippen LogP contribution in [0.3, 0.4) is 0 Å². The van der Waals surface area contributed by atoms with Crippen LogP contribution < -0.4 is 16.0 Å². The van der Waals surface area contributed by atoms with Crippen LogP contribution in [0.15, 0.2) is 24.3 Å². The van der Waals surface area contributed by atoms with Gasteiger partial charge in [0, 0.05) is 11.0 Å². The van der Waals surface area contributed by atoms with E-state index in [0.29, 0.717) is 0 Å². The second kappa shape index (κ2) is 7.78. The van der Waals surface area contributed by atoms with Gasteiger partial charge in [-0.15, -0.1) is 0 Å². The van der Waals surface area contributed by atoms with Crippen LogP contribution in [0.2, 0.25) is 0 Å². The topological polar surface area (TPSA) is 47.3 Å². The van der Waals surface area contributed by atoms with Crippen LogP contribution in [-0.2, 0) is 0 Å². The highest BCUT2D eigenvalue weighted by Crippen LogP contribution is 2.31. The van der Waals surface area contributed by atoms with Gasteiger partial charge in [0.2, 0.25) is 0 Å². The average molecular weight is 280 g/mol. The standard InChI is InChI=1S/C15H24N2OS/c1-18-13-7-5-6-12(10-13)15(17-16)11-19-14-8-3-2-4-9-14/h5-7,10,14-15,17H,2-4,8-9,11,16H2,1H3. The van der Waals surface area contributed by atoms with Gasteiger partial charge >= 0.3 is 0 Å². The Kier molecular flexibility index (Phi) is 6.01. The molecular weight excluding hydrogens is 256 g/mol. The lowest BCUT2D eigenvalue weighted by molar-refractivity contribution is 0.413. The fraction of sp³-hybridized carbons (Fsp3) is 0.600. The summed E-state index contributed by atoms with van der Waals surface area (Å²) in [7, 11) is 1.70. The molecule has 0 aromatic heterocycles. The molecular formula is C15H24N2OS. The van der Waals surface area contributed by atoms with E-state index < -0.39 is 0 Å². The van der Waals surface area contributed by atoms with Gasteiger partial charge in [-0.25, -0.2) is 0 Å². The predicted octanol–water partition coefficient (Wildman–Crippen LogP) is 3.27. The Morgan fingerprint density at radius 1 is 1.37 bits per heavy atom. The summed E-state index contributed by atoms with van der Waals surface area (Å²) < 4.78 is 5.27. The number of hydrazine groups is 1. The Labute approximate surface area is 120 Å². The summed E-state index contributed by atoms with van der Waals surface area (Å²) in [6, 6.07) is 8.34. The Morgan fingerprint density at radius 3 is 2.84 bits per heavy atom. The number of ether oxygens (including phenoxy) is 1. The first-order chi connectivity index (χ1) is 9.33. The summed E-state index contributed by atoms with van der Waals surface area (Å²) in [5.41, 5.74) is 4.13. The first-order valence-corrected chi connectivity index (χ1v) is 8.10. The molecule has 106 valence electrons. The van der Waals surface area contributed by atoms with Gasteiger partial charge in [-0.2, -0.15) is 11.8 Å². The molecule has 1 unspecified atom stereocenters. The lowest BCUT2D eigenvalue weighted by Gasteiger charge is -2.24. The van der Waals surface area contributed by atoms with Crippen LogP contribution in [0.1, 0.15) is 43.7 Å². The smallest absolute Gasteiger partial charge is 0.119 e. The molecule has 0 amide bonds. The number of rotatable bonds is 6. The minimum Gasteiger partial charge on any atom is -0.497 e. The van der Waals surface area contributed by atoms with E-state index in [1.807, 2.05) is 12.1 Å². The molecule has 1 atom stereocenters. The van der Waals surface area contributed by atoms with E-state index in [1.54, 1.807) is 7.11 Å². The SMILES string of the molecule is COc1cccc(C(CSC2CCCCC2)NN)c1. The summed E-state index contributed by atoms with van der Waals surface area (Å²) in [4.78, 5) is 0. The van der Waals surface area contributed by atoms with Crippen molar-refractivity contribution in [3.05, 3.63) is 29.8 Å². The molecule has 1 saturated carbocycles. The van der Waals surface area contributed by atoms with Crippen LogP contribution in [0.5, 0.6) is 5.75 Å². The molecule has 1 aliphatic carbocycles. The fourth-order valence-corrected chi connectivity index (χ4v) is 3.98. The van der Waals surface area contributed by atoms with E-state index in [4.69, 9.17) is 10.6 Å². The maximum atomic E-state index is 5.71. The fourth-order valence-electron chi connectivity index (χ4n) is 2.56. The lowest BCUT2D eigenvalue weighted by Crippen LogP contribution is -2.30. The van der Waals surface area contributed by atoms with Gasteiger partial charge in [-0.05, 0) is 30.5 Å². The van der Waals surface area contributed by atoms with E-state index in [9.17, 15) is 0 Å². The molecule has 2 rings (SSSR count). The number of hydrogen-bond donors (Lipinski definition) is 2. The van der Waals surface area contributed by atoms with Gasteiger partial charge in [-0.1, -0.05) is 31.4 Å². The molecule has 1 aliphatic rings. The van der Waals surface area contributed by atoms with Crippen LogP contribution >= 0.6 is 11.8 Å². The van der Waals surface area contributed by atoms with Crippen molar-refractivity contribution in [3.8, 4) is 5.75 Å². The van der Waals surface area contributed by atoms with Crippen molar-refractivity contribution in [2.75, 3.05) is 12.9 Å². The summed E-state index contributed by atoms with van der Waals surface area (Å²) >= 11 is 2.06. The van der Waals surface area contributed by atoms with Gasteiger partial charge in [0.25, 0.3) is 0 Å². The molecule has 0 spiro atoms. The van der Waals surface area contributed by atoms with E-state index >= 15 is 0 Å². The molecule has 19 heavy (non-hydrogen) atoms. The number of nitrogens with one attached hydrogen (secondary N) is 1. The van der Waals surface area contributed by atoms with Crippen molar-refractivity contribution in [1.29, 1.82) is 0 Å². The van der Waals surface area contributed by atoms with Crippen molar-refractivity contribution in [2.24, 2.45) is 5.84 Å². The Balaban J connectivity index is 1.91. The maximum absolute atomic E-state index is 5.71. The molecule has 4 heteroatoms. The Morgan fingerprint density at radius 2 is 2.16 bits per heavy atom. The summed E-state index contributed by atoms with van der Waals surface area (Å²) in [6.07, 6.45) is 6.90. The van der Waals surface area contributed by atoms with Gasteiger partial charge in [-0.3, -0.25) is 11.3 Å². The molecule has 1 fully saturated rings. The van der Waals surface area contributed by atoms with Crippen molar-refractivity contribution in [3.63, 3.8) is 0 Å². The second-order valence-electron chi connectivity index (χ2n) is 5.09.